The molecule has 0 bridgehead atoms. The second-order valence-corrected chi connectivity index (χ2v) is 6.70. The fourth-order valence-electron chi connectivity index (χ4n) is 2.00. The van der Waals surface area contributed by atoms with Crippen LogP contribution in [0.2, 0.25) is 0 Å². The van der Waals surface area contributed by atoms with E-state index in [0.29, 0.717) is 28.8 Å². The van der Waals surface area contributed by atoms with Crippen LogP contribution in [0.3, 0.4) is 0 Å². The van der Waals surface area contributed by atoms with E-state index in [1.807, 2.05) is 35.7 Å². The number of carbonyl (C=O) groups is 1. The molecule has 0 aliphatic carbocycles. The summed E-state index contributed by atoms with van der Waals surface area (Å²) in [5, 5.41) is 9.82. The molecule has 0 aliphatic rings. The number of thioether (sulfide) groups is 1. The lowest BCUT2D eigenvalue weighted by Gasteiger charge is -2.08. The monoisotopic (exact) mass is 345 g/mol. The second-order valence-electron chi connectivity index (χ2n) is 4.69. The summed E-state index contributed by atoms with van der Waals surface area (Å²) in [5.41, 5.74) is 0.607. The molecule has 0 spiro atoms. The molecule has 2 heterocycles. The fraction of sp³-hybridized carbons (Fsp3) is 0.188. The van der Waals surface area contributed by atoms with Crippen molar-refractivity contribution in [2.24, 2.45) is 0 Å². The van der Waals surface area contributed by atoms with Crippen LogP contribution < -0.4 is 4.74 Å². The van der Waals surface area contributed by atoms with Crippen molar-refractivity contribution in [3.8, 4) is 16.5 Å². The van der Waals surface area contributed by atoms with Gasteiger partial charge in [-0.3, -0.25) is 9.89 Å². The van der Waals surface area contributed by atoms with E-state index in [-0.39, 0.29) is 5.78 Å². The third kappa shape index (κ3) is 4.00. The highest BCUT2D eigenvalue weighted by Gasteiger charge is 2.09. The molecule has 3 rings (SSSR count). The number of ether oxygens (including phenoxy) is 1. The van der Waals surface area contributed by atoms with Gasteiger partial charge in [0, 0.05) is 5.75 Å². The fourth-order valence-corrected chi connectivity index (χ4v) is 3.28. The van der Waals surface area contributed by atoms with Gasteiger partial charge >= 0.3 is 0 Å². The molecule has 0 aliphatic heterocycles. The average Bonchev–Trinajstić information content (AvgIpc) is 3.23. The van der Waals surface area contributed by atoms with Gasteiger partial charge in [-0.25, -0.2) is 4.98 Å². The van der Waals surface area contributed by atoms with E-state index >= 15 is 0 Å². The number of nitrogens with zero attached hydrogens (tertiary/aromatic N) is 2. The van der Waals surface area contributed by atoms with Crippen LogP contribution in [-0.2, 0) is 0 Å². The number of hydrogen-bond acceptors (Lipinski definition) is 6. The van der Waals surface area contributed by atoms with Crippen molar-refractivity contribution in [2.45, 2.75) is 12.1 Å². The number of ketones is 1. The maximum atomic E-state index is 11.5. The van der Waals surface area contributed by atoms with Crippen molar-refractivity contribution in [1.82, 2.24) is 15.2 Å². The van der Waals surface area contributed by atoms with Crippen molar-refractivity contribution < 1.29 is 9.53 Å². The summed E-state index contributed by atoms with van der Waals surface area (Å²) < 4.78 is 5.69. The van der Waals surface area contributed by atoms with Crippen LogP contribution in [0.25, 0.3) is 10.7 Å². The predicted molar refractivity (Wildman–Crippen MR) is 92.4 cm³/mol. The summed E-state index contributed by atoms with van der Waals surface area (Å²) in [7, 11) is 0. The molecule has 0 unspecified atom stereocenters. The molecule has 1 aromatic carbocycles. The zero-order valence-electron chi connectivity index (χ0n) is 12.5. The largest absolute Gasteiger partial charge is 0.492 e. The second kappa shape index (κ2) is 7.43. The smallest absolute Gasteiger partial charge is 0.208 e. The quantitative estimate of drug-likeness (QED) is 0.399. The first kappa shape index (κ1) is 15.8. The highest BCUT2D eigenvalue weighted by molar-refractivity contribution is 7.99. The molecule has 118 valence electrons. The van der Waals surface area contributed by atoms with Crippen molar-refractivity contribution >= 4 is 28.9 Å². The molecule has 0 atom stereocenters. The standard InChI is InChI=1S/C16H15N3O2S2/c1-11(20)12-5-2-3-6-13(12)21-8-10-23-16-17-15(18-19-16)14-7-4-9-22-14/h2-7,9H,8,10H2,1H3,(H,17,18,19). The Kier molecular flexibility index (Phi) is 5.09. The normalized spacial score (nSPS) is 10.7. The zero-order chi connectivity index (χ0) is 16.1. The van der Waals surface area contributed by atoms with Gasteiger partial charge in [0.15, 0.2) is 11.6 Å². The van der Waals surface area contributed by atoms with Crippen molar-refractivity contribution in [3.05, 3.63) is 47.3 Å². The van der Waals surface area contributed by atoms with Crippen molar-refractivity contribution in [3.63, 3.8) is 0 Å². The Labute approximate surface area is 142 Å². The van der Waals surface area contributed by atoms with E-state index in [2.05, 4.69) is 15.2 Å². The molecule has 5 nitrogen and oxygen atoms in total. The highest BCUT2D eigenvalue weighted by atomic mass is 32.2. The van der Waals surface area contributed by atoms with E-state index in [1.165, 1.54) is 18.7 Å². The maximum Gasteiger partial charge on any atom is 0.208 e. The molecule has 1 N–H and O–H groups in total. The Morgan fingerprint density at radius 2 is 2.17 bits per heavy atom. The maximum absolute atomic E-state index is 11.5. The van der Waals surface area contributed by atoms with Gasteiger partial charge in [0.2, 0.25) is 5.16 Å². The van der Waals surface area contributed by atoms with Gasteiger partial charge in [-0.15, -0.1) is 16.4 Å². The van der Waals surface area contributed by atoms with E-state index in [4.69, 9.17) is 4.74 Å². The number of nitrogens with one attached hydrogen (secondary N) is 1. The first-order valence-electron chi connectivity index (χ1n) is 7.06. The molecule has 0 saturated carbocycles. The SMILES string of the molecule is CC(=O)c1ccccc1OCCSc1n[nH]c(-c2cccs2)n1. The van der Waals surface area contributed by atoms with Gasteiger partial charge in [0.05, 0.1) is 17.0 Å². The number of thiophene rings is 1. The first-order valence-corrected chi connectivity index (χ1v) is 8.92. The summed E-state index contributed by atoms with van der Waals surface area (Å²) >= 11 is 3.13. The lowest BCUT2D eigenvalue weighted by atomic mass is 10.1. The van der Waals surface area contributed by atoms with E-state index in [1.54, 1.807) is 17.4 Å². The van der Waals surface area contributed by atoms with Crippen molar-refractivity contribution in [1.29, 1.82) is 0 Å². The molecule has 0 radical (unpaired) electrons. The van der Waals surface area contributed by atoms with Gasteiger partial charge in [-0.05, 0) is 30.5 Å². The van der Waals surface area contributed by atoms with E-state index < -0.39 is 0 Å². The third-order valence-electron chi connectivity index (χ3n) is 3.06. The topological polar surface area (TPSA) is 67.9 Å². The molecule has 2 aromatic heterocycles. The van der Waals surface area contributed by atoms with E-state index in [9.17, 15) is 4.79 Å². The summed E-state index contributed by atoms with van der Waals surface area (Å²) in [6.45, 7) is 2.02. The number of Topliss-reactive ketones (excluding diaryl/α,β-unsaturated/α-hetero) is 1. The number of carbonyl (C=O) groups excluding carboxylic acids is 1. The van der Waals surface area contributed by atoms with Gasteiger partial charge < -0.3 is 4.74 Å². The number of aromatic nitrogens is 3. The Morgan fingerprint density at radius 1 is 1.30 bits per heavy atom. The lowest BCUT2D eigenvalue weighted by molar-refractivity contribution is 0.101. The van der Waals surface area contributed by atoms with Gasteiger partial charge in [0.1, 0.15) is 5.75 Å². The van der Waals surface area contributed by atoms with Crippen LogP contribution in [0.15, 0.2) is 46.9 Å². The van der Waals surface area contributed by atoms with Crippen LogP contribution in [-0.4, -0.2) is 33.3 Å². The molecule has 0 saturated heterocycles. The average molecular weight is 345 g/mol. The minimum atomic E-state index is 0.00260. The molecule has 7 heteroatoms. The molecule has 3 aromatic rings. The van der Waals surface area contributed by atoms with Crippen LogP contribution in [0.4, 0.5) is 0 Å². The van der Waals surface area contributed by atoms with Gasteiger partial charge in [0.25, 0.3) is 0 Å². The van der Waals surface area contributed by atoms with Gasteiger partial charge in [-0.1, -0.05) is 30.0 Å². The number of para-hydroxylation sites is 1. The molecule has 0 amide bonds. The highest BCUT2D eigenvalue weighted by Crippen LogP contribution is 2.23. The number of aromatic amines is 1. The summed E-state index contributed by atoms with van der Waals surface area (Å²) in [5.74, 6) is 2.11. The molecule has 0 fully saturated rings. The first-order chi connectivity index (χ1) is 11.2. The molecule has 23 heavy (non-hydrogen) atoms. The number of H-pyrrole nitrogens is 1. The van der Waals surface area contributed by atoms with Crippen LogP contribution in [0, 0.1) is 0 Å². The van der Waals surface area contributed by atoms with Gasteiger partial charge in [-0.2, -0.15) is 0 Å². The lowest BCUT2D eigenvalue weighted by Crippen LogP contribution is -2.04. The number of benzene rings is 1. The Hall–Kier alpha value is -2.12. The van der Waals surface area contributed by atoms with Crippen LogP contribution >= 0.6 is 23.1 Å². The minimum absolute atomic E-state index is 0.00260. The van der Waals surface area contributed by atoms with Crippen molar-refractivity contribution in [2.75, 3.05) is 12.4 Å². The predicted octanol–water partition coefficient (Wildman–Crippen LogP) is 3.91. The summed E-state index contributed by atoms with van der Waals surface area (Å²) in [6.07, 6.45) is 0. The summed E-state index contributed by atoms with van der Waals surface area (Å²) in [4.78, 5) is 17.0. The molecular formula is C16H15N3O2S2. The van der Waals surface area contributed by atoms with Crippen LogP contribution in [0.5, 0.6) is 5.75 Å². The Morgan fingerprint density at radius 3 is 2.96 bits per heavy atom. The Balaban J connectivity index is 1.52. The Bertz CT molecular complexity index is 784. The number of hydrogen-bond donors (Lipinski definition) is 1. The summed E-state index contributed by atoms with van der Waals surface area (Å²) in [6, 6.07) is 11.3. The third-order valence-corrected chi connectivity index (χ3v) is 4.75. The van der Waals surface area contributed by atoms with E-state index in [0.717, 1.165) is 10.7 Å². The zero-order valence-corrected chi connectivity index (χ0v) is 14.1. The van der Waals surface area contributed by atoms with Crippen LogP contribution in [0.1, 0.15) is 17.3 Å². The number of rotatable bonds is 7. The molecular weight excluding hydrogens is 330 g/mol. The minimum Gasteiger partial charge on any atom is -0.492 e.